The van der Waals surface area contributed by atoms with E-state index in [-0.39, 0.29) is 11.9 Å². The van der Waals surface area contributed by atoms with Crippen LogP contribution in [0.2, 0.25) is 0 Å². The molecule has 2 heterocycles. The molecular formula is C16H21N3OS2. The first-order valence-electron chi connectivity index (χ1n) is 7.74. The first-order chi connectivity index (χ1) is 10.8. The van der Waals surface area contributed by atoms with Crippen molar-refractivity contribution < 1.29 is 4.79 Å². The van der Waals surface area contributed by atoms with E-state index < -0.39 is 0 Å². The summed E-state index contributed by atoms with van der Waals surface area (Å²) in [6, 6.07) is 4.31. The van der Waals surface area contributed by atoms with Gasteiger partial charge in [-0.15, -0.1) is 22.7 Å². The molecule has 0 spiro atoms. The fourth-order valence-electron chi connectivity index (χ4n) is 3.00. The first kappa shape index (κ1) is 15.6. The molecule has 1 aliphatic rings. The molecule has 3 N–H and O–H groups in total. The van der Waals surface area contributed by atoms with Crippen molar-refractivity contribution in [2.75, 3.05) is 6.54 Å². The molecule has 118 valence electrons. The van der Waals surface area contributed by atoms with Crippen LogP contribution in [0.25, 0.3) is 9.88 Å². The van der Waals surface area contributed by atoms with Gasteiger partial charge in [-0.2, -0.15) is 0 Å². The van der Waals surface area contributed by atoms with Crippen LogP contribution in [0.1, 0.15) is 31.4 Å². The van der Waals surface area contributed by atoms with Gasteiger partial charge in [0.2, 0.25) is 5.91 Å². The topological polar surface area (TPSA) is 68.0 Å². The Kier molecular flexibility index (Phi) is 5.23. The number of amides is 1. The highest BCUT2D eigenvalue weighted by molar-refractivity contribution is 7.20. The highest BCUT2D eigenvalue weighted by Crippen LogP contribution is 2.28. The van der Waals surface area contributed by atoms with Gasteiger partial charge in [-0.25, -0.2) is 4.98 Å². The van der Waals surface area contributed by atoms with E-state index in [1.807, 2.05) is 16.8 Å². The van der Waals surface area contributed by atoms with Gasteiger partial charge in [0.05, 0.1) is 17.0 Å². The molecule has 4 nitrogen and oxygen atoms in total. The lowest BCUT2D eigenvalue weighted by Gasteiger charge is -2.31. The molecule has 1 saturated carbocycles. The molecule has 0 aliphatic heterocycles. The second-order valence-corrected chi connectivity index (χ2v) is 7.56. The van der Waals surface area contributed by atoms with E-state index >= 15 is 0 Å². The second kappa shape index (κ2) is 7.35. The molecule has 2 aromatic heterocycles. The van der Waals surface area contributed by atoms with Gasteiger partial charge in [0, 0.05) is 11.4 Å². The summed E-state index contributed by atoms with van der Waals surface area (Å²) in [5, 5.41) is 8.18. The molecule has 1 amide bonds. The van der Waals surface area contributed by atoms with Crippen molar-refractivity contribution in [3.8, 4) is 9.88 Å². The number of carbonyl (C=O) groups excluding carboxylic acids is 1. The third-order valence-corrected chi connectivity index (χ3v) is 6.11. The average Bonchev–Trinajstić information content (AvgIpc) is 3.18. The van der Waals surface area contributed by atoms with E-state index in [9.17, 15) is 4.79 Å². The van der Waals surface area contributed by atoms with Crippen molar-refractivity contribution in [1.29, 1.82) is 0 Å². The van der Waals surface area contributed by atoms with Gasteiger partial charge in [0.1, 0.15) is 5.01 Å². The number of aromatic nitrogens is 1. The molecular weight excluding hydrogens is 314 g/mol. The largest absolute Gasteiger partial charge is 0.353 e. The standard InChI is InChI=1S/C16H21N3OS2/c17-9-11-4-1-2-5-13(11)19-15(20)8-12-10-22-16(18-12)14-6-3-7-21-14/h3,6-7,10-11,13H,1-2,4-5,8-9,17H2,(H,19,20). The quantitative estimate of drug-likeness (QED) is 0.882. The number of thiophene rings is 1. The van der Waals surface area contributed by atoms with Gasteiger partial charge >= 0.3 is 0 Å². The number of nitrogens with two attached hydrogens (primary N) is 1. The normalized spacial score (nSPS) is 21.7. The molecule has 0 radical (unpaired) electrons. The molecule has 6 heteroatoms. The molecule has 3 rings (SSSR count). The van der Waals surface area contributed by atoms with Crippen molar-refractivity contribution >= 4 is 28.6 Å². The monoisotopic (exact) mass is 335 g/mol. The van der Waals surface area contributed by atoms with E-state index in [1.54, 1.807) is 22.7 Å². The lowest BCUT2D eigenvalue weighted by molar-refractivity contribution is -0.121. The van der Waals surface area contributed by atoms with Gasteiger partial charge < -0.3 is 11.1 Å². The molecule has 2 unspecified atom stereocenters. The second-order valence-electron chi connectivity index (χ2n) is 5.75. The Morgan fingerprint density at radius 3 is 3.00 bits per heavy atom. The lowest BCUT2D eigenvalue weighted by atomic mass is 9.84. The maximum absolute atomic E-state index is 12.3. The summed E-state index contributed by atoms with van der Waals surface area (Å²) < 4.78 is 0. The van der Waals surface area contributed by atoms with E-state index in [4.69, 9.17) is 5.73 Å². The minimum Gasteiger partial charge on any atom is -0.353 e. The van der Waals surface area contributed by atoms with E-state index in [1.165, 1.54) is 12.8 Å². The van der Waals surface area contributed by atoms with Crippen LogP contribution in [0, 0.1) is 5.92 Å². The summed E-state index contributed by atoms with van der Waals surface area (Å²) in [4.78, 5) is 18.0. The van der Waals surface area contributed by atoms with Gasteiger partial charge in [-0.3, -0.25) is 4.79 Å². The third-order valence-electron chi connectivity index (χ3n) is 4.18. The van der Waals surface area contributed by atoms with Crippen molar-refractivity contribution in [2.24, 2.45) is 11.7 Å². The molecule has 0 saturated heterocycles. The molecule has 1 aliphatic carbocycles. The van der Waals surface area contributed by atoms with Gasteiger partial charge in [-0.05, 0) is 36.8 Å². The summed E-state index contributed by atoms with van der Waals surface area (Å²) in [6.07, 6.45) is 4.94. The highest BCUT2D eigenvalue weighted by Gasteiger charge is 2.25. The zero-order chi connectivity index (χ0) is 15.4. The lowest BCUT2D eigenvalue weighted by Crippen LogP contribution is -2.45. The molecule has 2 aromatic rings. The fraction of sp³-hybridized carbons (Fsp3) is 0.500. The molecule has 1 fully saturated rings. The van der Waals surface area contributed by atoms with Crippen LogP contribution in [-0.4, -0.2) is 23.5 Å². The molecule has 22 heavy (non-hydrogen) atoms. The minimum absolute atomic E-state index is 0.0633. The molecule has 2 atom stereocenters. The summed E-state index contributed by atoms with van der Waals surface area (Å²) in [5.74, 6) is 0.489. The predicted molar refractivity (Wildman–Crippen MR) is 92.1 cm³/mol. The first-order valence-corrected chi connectivity index (χ1v) is 9.50. The Balaban J connectivity index is 1.57. The van der Waals surface area contributed by atoms with Crippen molar-refractivity contribution in [3.05, 3.63) is 28.6 Å². The molecule has 0 aromatic carbocycles. The van der Waals surface area contributed by atoms with Crippen LogP contribution in [0.3, 0.4) is 0 Å². The number of hydrogen-bond donors (Lipinski definition) is 2. The maximum atomic E-state index is 12.3. The Bertz CT molecular complexity index is 609. The van der Waals surface area contributed by atoms with Crippen molar-refractivity contribution in [3.63, 3.8) is 0 Å². The number of nitrogens with zero attached hydrogens (tertiary/aromatic N) is 1. The smallest absolute Gasteiger partial charge is 0.226 e. The van der Waals surface area contributed by atoms with Crippen LogP contribution >= 0.6 is 22.7 Å². The number of hydrogen-bond acceptors (Lipinski definition) is 5. The number of rotatable bonds is 5. The summed E-state index contributed by atoms with van der Waals surface area (Å²) in [7, 11) is 0. The van der Waals surface area contributed by atoms with Crippen LogP contribution in [0.5, 0.6) is 0 Å². The van der Waals surface area contributed by atoms with Crippen LogP contribution in [0.4, 0.5) is 0 Å². The van der Waals surface area contributed by atoms with Gasteiger partial charge in [-0.1, -0.05) is 18.9 Å². The Morgan fingerprint density at radius 1 is 1.36 bits per heavy atom. The number of carbonyl (C=O) groups is 1. The summed E-state index contributed by atoms with van der Waals surface area (Å²) in [5.41, 5.74) is 6.67. The predicted octanol–water partition coefficient (Wildman–Crippen LogP) is 3.05. The Labute approximate surface area is 138 Å². The Morgan fingerprint density at radius 2 is 2.23 bits per heavy atom. The third kappa shape index (κ3) is 3.74. The summed E-state index contributed by atoms with van der Waals surface area (Å²) >= 11 is 3.27. The van der Waals surface area contributed by atoms with Crippen LogP contribution in [-0.2, 0) is 11.2 Å². The van der Waals surface area contributed by atoms with E-state index in [0.717, 1.165) is 28.4 Å². The minimum atomic E-state index is 0.0633. The number of nitrogens with one attached hydrogen (secondary N) is 1. The van der Waals surface area contributed by atoms with Crippen LogP contribution < -0.4 is 11.1 Å². The average molecular weight is 335 g/mol. The highest BCUT2D eigenvalue weighted by atomic mass is 32.1. The molecule has 0 bridgehead atoms. The Hall–Kier alpha value is -1.24. The SMILES string of the molecule is NCC1CCCCC1NC(=O)Cc1csc(-c2cccs2)n1. The van der Waals surface area contributed by atoms with Gasteiger partial charge in [0.15, 0.2) is 0 Å². The van der Waals surface area contributed by atoms with E-state index in [2.05, 4.69) is 16.4 Å². The summed E-state index contributed by atoms with van der Waals surface area (Å²) in [6.45, 7) is 0.657. The van der Waals surface area contributed by atoms with E-state index in [0.29, 0.717) is 18.9 Å². The zero-order valence-electron chi connectivity index (χ0n) is 12.5. The van der Waals surface area contributed by atoms with Crippen molar-refractivity contribution in [2.45, 2.75) is 38.1 Å². The maximum Gasteiger partial charge on any atom is 0.226 e. The number of thiazole rings is 1. The zero-order valence-corrected chi connectivity index (χ0v) is 14.1. The van der Waals surface area contributed by atoms with Crippen molar-refractivity contribution in [1.82, 2.24) is 10.3 Å². The fourth-order valence-corrected chi connectivity index (χ4v) is 4.64. The van der Waals surface area contributed by atoms with Gasteiger partial charge in [0.25, 0.3) is 0 Å². The van der Waals surface area contributed by atoms with Crippen LogP contribution in [0.15, 0.2) is 22.9 Å².